The zero-order valence-corrected chi connectivity index (χ0v) is 9.04. The van der Waals surface area contributed by atoms with E-state index in [1.54, 1.807) is 0 Å². The number of alkyl halides is 3. The molecule has 0 aliphatic rings. The average Bonchev–Trinajstić information content (AvgIpc) is 2.00. The molecule has 0 radical (unpaired) electrons. The van der Waals surface area contributed by atoms with Crippen LogP contribution < -0.4 is 0 Å². The first-order chi connectivity index (χ1) is 6.62. The summed E-state index contributed by atoms with van der Waals surface area (Å²) in [6.07, 6.45) is -4.12. The number of nitrogens with zero attached hydrogens (tertiary/aromatic N) is 1. The van der Waals surface area contributed by atoms with Crippen LogP contribution in [0.4, 0.5) is 13.2 Å². The molecule has 0 spiro atoms. The fraction of sp³-hybridized carbons (Fsp3) is 0.167. The van der Waals surface area contributed by atoms with E-state index in [1.165, 1.54) is 0 Å². The number of halogens is 5. The van der Waals surface area contributed by atoms with Crippen molar-refractivity contribution in [3.63, 3.8) is 0 Å². The van der Waals surface area contributed by atoms with Gasteiger partial charge in [0.05, 0.1) is 5.56 Å². The highest BCUT2D eigenvalue weighted by Gasteiger charge is 2.35. The van der Waals surface area contributed by atoms with Gasteiger partial charge in [-0.05, 0) is 6.07 Å². The minimum absolute atomic E-state index is 0.331. The summed E-state index contributed by atoms with van der Waals surface area (Å²) in [4.78, 5) is 2.34. The van der Waals surface area contributed by atoms with E-state index < -0.39 is 30.8 Å². The third-order valence-electron chi connectivity index (χ3n) is 1.40. The molecule has 84 valence electrons. The molecular formula is C6H2Cl2F3NO2S. The van der Waals surface area contributed by atoms with Crippen LogP contribution in [0.15, 0.2) is 17.2 Å². The monoisotopic (exact) mass is 279 g/mol. The Kier molecular flexibility index (Phi) is 3.18. The third-order valence-corrected chi connectivity index (χ3v) is 3.02. The largest absolute Gasteiger partial charge is 0.419 e. The Morgan fingerprint density at radius 1 is 1.33 bits per heavy atom. The van der Waals surface area contributed by atoms with Gasteiger partial charge in [-0.2, -0.15) is 13.2 Å². The van der Waals surface area contributed by atoms with Gasteiger partial charge in [-0.25, -0.2) is 13.4 Å². The molecule has 0 amide bonds. The molecule has 15 heavy (non-hydrogen) atoms. The maximum Gasteiger partial charge on any atom is 0.419 e. The summed E-state index contributed by atoms with van der Waals surface area (Å²) in [6, 6.07) is 0.331. The van der Waals surface area contributed by atoms with Crippen LogP contribution in [0.1, 0.15) is 5.56 Å². The van der Waals surface area contributed by atoms with Crippen molar-refractivity contribution in [2.75, 3.05) is 0 Å². The van der Waals surface area contributed by atoms with Gasteiger partial charge in [0, 0.05) is 16.9 Å². The normalized spacial score (nSPS) is 12.9. The molecule has 0 aliphatic heterocycles. The van der Waals surface area contributed by atoms with Gasteiger partial charge in [0.15, 0.2) is 0 Å². The Bertz CT molecular complexity index is 486. The zero-order valence-electron chi connectivity index (χ0n) is 6.72. The summed E-state index contributed by atoms with van der Waals surface area (Å²) in [6.45, 7) is 0. The highest BCUT2D eigenvalue weighted by atomic mass is 35.7. The van der Waals surface area contributed by atoms with Crippen molar-refractivity contribution >= 4 is 31.3 Å². The molecule has 9 heteroatoms. The second kappa shape index (κ2) is 3.80. The van der Waals surface area contributed by atoms with Crippen LogP contribution in [0.25, 0.3) is 0 Å². The SMILES string of the molecule is O=S(=O)(Cl)c1cnc(Cl)c(C(F)(F)F)c1. The van der Waals surface area contributed by atoms with Gasteiger partial charge < -0.3 is 0 Å². The molecule has 1 aromatic rings. The zero-order chi connectivity index (χ0) is 11.9. The van der Waals surface area contributed by atoms with E-state index in [1.807, 2.05) is 0 Å². The van der Waals surface area contributed by atoms with Crippen molar-refractivity contribution < 1.29 is 21.6 Å². The summed E-state index contributed by atoms with van der Waals surface area (Å²) < 4.78 is 58.2. The summed E-state index contributed by atoms with van der Waals surface area (Å²) in [5.74, 6) is 0. The Labute approximate surface area is 92.2 Å². The minimum atomic E-state index is -4.78. The fourth-order valence-electron chi connectivity index (χ4n) is 0.761. The number of rotatable bonds is 1. The van der Waals surface area contributed by atoms with Crippen molar-refractivity contribution in [1.82, 2.24) is 4.98 Å². The maximum absolute atomic E-state index is 12.3. The van der Waals surface area contributed by atoms with Gasteiger partial charge in [-0.3, -0.25) is 0 Å². The molecule has 1 rings (SSSR count). The van der Waals surface area contributed by atoms with Gasteiger partial charge >= 0.3 is 6.18 Å². The highest BCUT2D eigenvalue weighted by Crippen LogP contribution is 2.35. The topological polar surface area (TPSA) is 47.0 Å². The number of hydrogen-bond acceptors (Lipinski definition) is 3. The average molecular weight is 280 g/mol. The first kappa shape index (κ1) is 12.5. The Morgan fingerprint density at radius 2 is 1.87 bits per heavy atom. The minimum Gasteiger partial charge on any atom is -0.243 e. The third kappa shape index (κ3) is 2.96. The highest BCUT2D eigenvalue weighted by molar-refractivity contribution is 8.13. The van der Waals surface area contributed by atoms with Gasteiger partial charge in [0.1, 0.15) is 10.0 Å². The van der Waals surface area contributed by atoms with Gasteiger partial charge in [-0.15, -0.1) is 0 Å². The molecule has 0 aromatic carbocycles. The van der Waals surface area contributed by atoms with E-state index in [-0.39, 0.29) is 0 Å². The van der Waals surface area contributed by atoms with Crippen LogP contribution in [0.5, 0.6) is 0 Å². The summed E-state index contributed by atoms with van der Waals surface area (Å²) >= 11 is 5.16. The van der Waals surface area contributed by atoms with Crippen molar-refractivity contribution in [3.05, 3.63) is 23.0 Å². The first-order valence-electron chi connectivity index (χ1n) is 3.30. The molecule has 1 aromatic heterocycles. The Hall–Kier alpha value is -0.530. The van der Waals surface area contributed by atoms with E-state index in [9.17, 15) is 21.6 Å². The maximum atomic E-state index is 12.3. The van der Waals surface area contributed by atoms with Crippen LogP contribution in [0.3, 0.4) is 0 Å². The molecule has 0 saturated carbocycles. The number of aromatic nitrogens is 1. The van der Waals surface area contributed by atoms with Crippen LogP contribution in [-0.4, -0.2) is 13.4 Å². The summed E-state index contributed by atoms with van der Waals surface area (Å²) in [5, 5.41) is -0.827. The van der Waals surface area contributed by atoms with Crippen LogP contribution in [-0.2, 0) is 15.2 Å². The van der Waals surface area contributed by atoms with Gasteiger partial charge in [0.25, 0.3) is 9.05 Å². The van der Waals surface area contributed by atoms with Gasteiger partial charge in [-0.1, -0.05) is 11.6 Å². The summed E-state index contributed by atoms with van der Waals surface area (Å²) in [7, 11) is 0.603. The number of hydrogen-bond donors (Lipinski definition) is 0. The molecule has 0 bridgehead atoms. The molecule has 0 aliphatic carbocycles. The van der Waals surface area contributed by atoms with Crippen LogP contribution in [0.2, 0.25) is 5.15 Å². The number of pyridine rings is 1. The van der Waals surface area contributed by atoms with E-state index >= 15 is 0 Å². The van der Waals surface area contributed by atoms with E-state index in [4.69, 9.17) is 22.3 Å². The lowest BCUT2D eigenvalue weighted by Gasteiger charge is -2.08. The quantitative estimate of drug-likeness (QED) is 0.587. The first-order valence-corrected chi connectivity index (χ1v) is 5.98. The molecule has 0 N–H and O–H groups in total. The summed E-state index contributed by atoms with van der Waals surface area (Å²) in [5.41, 5.74) is -1.34. The van der Waals surface area contributed by atoms with E-state index in [2.05, 4.69) is 4.98 Å². The van der Waals surface area contributed by atoms with Crippen molar-refractivity contribution in [2.45, 2.75) is 11.1 Å². The second-order valence-electron chi connectivity index (χ2n) is 2.44. The lowest BCUT2D eigenvalue weighted by molar-refractivity contribution is -0.137. The molecule has 0 atom stereocenters. The molecule has 0 unspecified atom stereocenters. The smallest absolute Gasteiger partial charge is 0.243 e. The molecule has 3 nitrogen and oxygen atoms in total. The molecule has 0 saturated heterocycles. The predicted octanol–water partition coefficient (Wildman–Crippen LogP) is 2.68. The molecule has 1 heterocycles. The predicted molar refractivity (Wildman–Crippen MR) is 47.3 cm³/mol. The van der Waals surface area contributed by atoms with E-state index in [0.717, 1.165) is 0 Å². The fourth-order valence-corrected chi connectivity index (χ4v) is 1.66. The van der Waals surface area contributed by atoms with Gasteiger partial charge in [0.2, 0.25) is 0 Å². The van der Waals surface area contributed by atoms with Crippen LogP contribution >= 0.6 is 22.3 Å². The van der Waals surface area contributed by atoms with Crippen molar-refractivity contribution in [3.8, 4) is 0 Å². The molecular weight excluding hydrogens is 278 g/mol. The van der Waals surface area contributed by atoms with Crippen molar-refractivity contribution in [2.24, 2.45) is 0 Å². The lowest BCUT2D eigenvalue weighted by atomic mass is 10.3. The standard InChI is InChI=1S/C6H2Cl2F3NO2S/c7-5-4(6(9,10)11)1-3(2-12-5)15(8,13)14/h1-2H. The Balaban J connectivity index is 3.43. The second-order valence-corrected chi connectivity index (χ2v) is 5.37. The lowest BCUT2D eigenvalue weighted by Crippen LogP contribution is -2.08. The Morgan fingerprint density at radius 3 is 2.27 bits per heavy atom. The van der Waals surface area contributed by atoms with Crippen molar-refractivity contribution in [1.29, 1.82) is 0 Å². The molecule has 0 fully saturated rings. The van der Waals surface area contributed by atoms with E-state index in [0.29, 0.717) is 12.3 Å². The van der Waals surface area contributed by atoms with Crippen LogP contribution in [0, 0.1) is 0 Å².